The van der Waals surface area contributed by atoms with Crippen LogP contribution in [0.4, 0.5) is 0 Å². The van der Waals surface area contributed by atoms with Gasteiger partial charge in [0.25, 0.3) is 0 Å². The largest absolute Gasteiger partial charge is 0.143 e. The molecule has 1 aromatic heterocycles. The van der Waals surface area contributed by atoms with Gasteiger partial charge in [-0.15, -0.1) is 22.9 Å². The molecule has 2 aromatic rings. The molecule has 14 heavy (non-hydrogen) atoms. The average Bonchev–Trinajstić information content (AvgIpc) is 2.64. The van der Waals surface area contributed by atoms with Crippen molar-refractivity contribution in [3.63, 3.8) is 0 Å². The Kier molecular flexibility index (Phi) is 3.15. The maximum Gasteiger partial charge on any atom is 0.0499 e. The van der Waals surface area contributed by atoms with Gasteiger partial charge in [-0.1, -0.05) is 22.9 Å². The van der Waals surface area contributed by atoms with Crippen molar-refractivity contribution in [2.75, 3.05) is 0 Å². The standard InChI is InChI=1S/C11H10BrClS/c1-2-7-5-8-3-4-14-11(8)9(6-13)10(7)12/h3-5H,2,6H2,1H3. The van der Waals surface area contributed by atoms with Crippen molar-refractivity contribution in [1.29, 1.82) is 0 Å². The number of hydrogen-bond donors (Lipinski definition) is 0. The summed E-state index contributed by atoms with van der Waals surface area (Å²) in [7, 11) is 0. The topological polar surface area (TPSA) is 0 Å². The number of hydrogen-bond acceptors (Lipinski definition) is 1. The highest BCUT2D eigenvalue weighted by atomic mass is 79.9. The lowest BCUT2D eigenvalue weighted by molar-refractivity contribution is 1.12. The third-order valence-electron chi connectivity index (χ3n) is 2.36. The number of benzene rings is 1. The first-order chi connectivity index (χ1) is 6.77. The zero-order valence-electron chi connectivity index (χ0n) is 7.81. The Morgan fingerprint density at radius 2 is 2.29 bits per heavy atom. The van der Waals surface area contributed by atoms with Crippen molar-refractivity contribution in [2.45, 2.75) is 19.2 Å². The second-order valence-corrected chi connectivity index (χ2v) is 5.13. The fourth-order valence-electron chi connectivity index (χ4n) is 1.60. The van der Waals surface area contributed by atoms with Gasteiger partial charge in [-0.25, -0.2) is 0 Å². The molecule has 0 bridgehead atoms. The molecule has 74 valence electrons. The van der Waals surface area contributed by atoms with Gasteiger partial charge in [0, 0.05) is 15.1 Å². The minimum absolute atomic E-state index is 0.575. The zero-order valence-corrected chi connectivity index (χ0v) is 11.0. The Morgan fingerprint density at radius 3 is 2.93 bits per heavy atom. The molecule has 0 nitrogen and oxygen atoms in total. The van der Waals surface area contributed by atoms with Gasteiger partial charge in [0.15, 0.2) is 0 Å². The first-order valence-electron chi connectivity index (χ1n) is 4.51. The number of fused-ring (bicyclic) bond motifs is 1. The van der Waals surface area contributed by atoms with Crippen molar-refractivity contribution in [1.82, 2.24) is 0 Å². The quantitative estimate of drug-likeness (QED) is 0.685. The monoisotopic (exact) mass is 288 g/mol. The van der Waals surface area contributed by atoms with Crippen LogP contribution in [0.2, 0.25) is 0 Å². The van der Waals surface area contributed by atoms with E-state index in [0.717, 1.165) is 6.42 Å². The van der Waals surface area contributed by atoms with Crippen LogP contribution in [0.1, 0.15) is 18.1 Å². The van der Waals surface area contributed by atoms with Crippen LogP contribution in [0.25, 0.3) is 10.1 Å². The van der Waals surface area contributed by atoms with Gasteiger partial charge in [0.2, 0.25) is 0 Å². The minimum atomic E-state index is 0.575. The maximum absolute atomic E-state index is 5.97. The normalized spacial score (nSPS) is 11.1. The zero-order chi connectivity index (χ0) is 10.1. The van der Waals surface area contributed by atoms with E-state index in [2.05, 4.69) is 40.4 Å². The minimum Gasteiger partial charge on any atom is -0.143 e. The van der Waals surface area contributed by atoms with E-state index >= 15 is 0 Å². The van der Waals surface area contributed by atoms with Gasteiger partial charge in [-0.3, -0.25) is 0 Å². The first-order valence-corrected chi connectivity index (χ1v) is 6.72. The maximum atomic E-state index is 5.97. The summed E-state index contributed by atoms with van der Waals surface area (Å²) in [5.74, 6) is 0.575. The van der Waals surface area contributed by atoms with E-state index in [4.69, 9.17) is 11.6 Å². The summed E-state index contributed by atoms with van der Waals surface area (Å²) >= 11 is 11.4. The van der Waals surface area contributed by atoms with E-state index in [1.165, 1.54) is 25.7 Å². The summed E-state index contributed by atoms with van der Waals surface area (Å²) in [6.45, 7) is 2.16. The molecule has 0 spiro atoms. The molecule has 0 saturated heterocycles. The molecule has 0 aliphatic heterocycles. The summed E-state index contributed by atoms with van der Waals surface area (Å²) < 4.78 is 2.49. The van der Waals surface area contributed by atoms with E-state index in [1.54, 1.807) is 11.3 Å². The molecule has 0 unspecified atom stereocenters. The Bertz CT molecular complexity index is 462. The molecule has 0 N–H and O–H groups in total. The fraction of sp³-hybridized carbons (Fsp3) is 0.273. The predicted octanol–water partition coefficient (Wildman–Crippen LogP) is 4.97. The summed E-state index contributed by atoms with van der Waals surface area (Å²) in [6, 6.07) is 4.40. The van der Waals surface area contributed by atoms with Crippen molar-refractivity contribution < 1.29 is 0 Å². The van der Waals surface area contributed by atoms with Crippen molar-refractivity contribution in [3.8, 4) is 0 Å². The Morgan fingerprint density at radius 1 is 1.50 bits per heavy atom. The molecule has 3 heteroatoms. The lowest BCUT2D eigenvalue weighted by atomic mass is 10.1. The summed E-state index contributed by atoms with van der Waals surface area (Å²) in [5.41, 5.74) is 2.57. The van der Waals surface area contributed by atoms with E-state index in [9.17, 15) is 0 Å². The molecular formula is C11H10BrClS. The molecule has 0 fully saturated rings. The van der Waals surface area contributed by atoms with Gasteiger partial charge in [-0.05, 0) is 40.4 Å². The molecule has 0 aliphatic carbocycles. The SMILES string of the molecule is CCc1cc2ccsc2c(CCl)c1Br. The van der Waals surface area contributed by atoms with E-state index < -0.39 is 0 Å². The molecule has 2 rings (SSSR count). The van der Waals surface area contributed by atoms with Crippen LogP contribution in [0.15, 0.2) is 22.0 Å². The Labute approximate surface area is 101 Å². The molecule has 1 heterocycles. The summed E-state index contributed by atoms with van der Waals surface area (Å²) in [6.07, 6.45) is 1.04. The number of alkyl halides is 1. The molecule has 0 radical (unpaired) electrons. The Balaban J connectivity index is 2.80. The number of aryl methyl sites for hydroxylation is 1. The van der Waals surface area contributed by atoms with Crippen LogP contribution in [0.3, 0.4) is 0 Å². The lowest BCUT2D eigenvalue weighted by Gasteiger charge is -2.07. The smallest absolute Gasteiger partial charge is 0.0499 e. The van der Waals surface area contributed by atoms with E-state index in [0.29, 0.717) is 5.88 Å². The first kappa shape index (κ1) is 10.5. The van der Waals surface area contributed by atoms with Gasteiger partial charge in [0.05, 0.1) is 0 Å². The van der Waals surface area contributed by atoms with Gasteiger partial charge >= 0.3 is 0 Å². The fourth-order valence-corrected chi connectivity index (χ4v) is 3.90. The average molecular weight is 290 g/mol. The van der Waals surface area contributed by atoms with Crippen molar-refractivity contribution in [3.05, 3.63) is 33.1 Å². The summed E-state index contributed by atoms with van der Waals surface area (Å²) in [4.78, 5) is 0. The third kappa shape index (κ3) is 1.60. The summed E-state index contributed by atoms with van der Waals surface area (Å²) in [5, 5.41) is 3.43. The molecule has 0 atom stereocenters. The van der Waals surface area contributed by atoms with Crippen LogP contribution in [-0.4, -0.2) is 0 Å². The second kappa shape index (κ2) is 4.21. The molecule has 0 aliphatic rings. The predicted molar refractivity (Wildman–Crippen MR) is 68.5 cm³/mol. The Hall–Kier alpha value is -0.0500. The van der Waals surface area contributed by atoms with Gasteiger partial charge in [-0.2, -0.15) is 0 Å². The molecule has 0 saturated carbocycles. The van der Waals surface area contributed by atoms with E-state index in [-0.39, 0.29) is 0 Å². The van der Waals surface area contributed by atoms with Gasteiger partial charge in [0.1, 0.15) is 0 Å². The van der Waals surface area contributed by atoms with Crippen LogP contribution < -0.4 is 0 Å². The van der Waals surface area contributed by atoms with Crippen LogP contribution in [0.5, 0.6) is 0 Å². The van der Waals surface area contributed by atoms with Crippen LogP contribution in [0, 0.1) is 0 Å². The van der Waals surface area contributed by atoms with Gasteiger partial charge < -0.3 is 0 Å². The number of halogens is 2. The second-order valence-electron chi connectivity index (χ2n) is 3.15. The molecular weight excluding hydrogens is 280 g/mol. The lowest BCUT2D eigenvalue weighted by Crippen LogP contribution is -1.89. The van der Waals surface area contributed by atoms with Crippen LogP contribution in [-0.2, 0) is 12.3 Å². The van der Waals surface area contributed by atoms with Crippen molar-refractivity contribution in [2.24, 2.45) is 0 Å². The number of thiophene rings is 1. The number of rotatable bonds is 2. The van der Waals surface area contributed by atoms with Crippen LogP contribution >= 0.6 is 38.9 Å². The molecule has 1 aromatic carbocycles. The molecule has 0 amide bonds. The highest BCUT2D eigenvalue weighted by Gasteiger charge is 2.10. The third-order valence-corrected chi connectivity index (χ3v) is 4.61. The highest BCUT2D eigenvalue weighted by Crippen LogP contribution is 2.34. The van der Waals surface area contributed by atoms with Crippen molar-refractivity contribution >= 4 is 49.0 Å². The van der Waals surface area contributed by atoms with E-state index in [1.807, 2.05) is 0 Å². The highest BCUT2D eigenvalue weighted by molar-refractivity contribution is 9.10.